The molecule has 0 saturated carbocycles. The van der Waals surface area contributed by atoms with Gasteiger partial charge in [-0.1, -0.05) is 42.5 Å². The molecule has 9 nitrogen and oxygen atoms in total. The van der Waals surface area contributed by atoms with Gasteiger partial charge in [-0.3, -0.25) is 14.5 Å². The van der Waals surface area contributed by atoms with Crippen molar-refractivity contribution in [2.45, 2.75) is 31.7 Å². The zero-order chi connectivity index (χ0) is 23.1. The molecular weight excluding hydrogens is 435 g/mol. The van der Waals surface area contributed by atoms with E-state index in [0.29, 0.717) is 24.0 Å². The number of hydrogen-bond donors (Lipinski definition) is 1. The van der Waals surface area contributed by atoms with Gasteiger partial charge in [-0.05, 0) is 37.0 Å². The van der Waals surface area contributed by atoms with Gasteiger partial charge in [-0.15, -0.1) is 0 Å². The number of alkyl carbamates (subject to hydrolysis) is 1. The third kappa shape index (κ3) is 5.62. The summed E-state index contributed by atoms with van der Waals surface area (Å²) in [5.74, 6) is -2.02. The van der Waals surface area contributed by atoms with Crippen molar-refractivity contribution < 1.29 is 33.1 Å². The molecule has 1 N–H and O–H groups in total. The lowest BCUT2D eigenvalue weighted by Crippen LogP contribution is -2.38. The molecule has 32 heavy (non-hydrogen) atoms. The summed E-state index contributed by atoms with van der Waals surface area (Å²) in [5, 5.41) is 2.33. The van der Waals surface area contributed by atoms with E-state index in [1.165, 1.54) is 0 Å². The van der Waals surface area contributed by atoms with Gasteiger partial charge in [0.05, 0.1) is 16.9 Å². The molecule has 10 heteroatoms. The Balaban J connectivity index is 1.50. The van der Waals surface area contributed by atoms with Crippen LogP contribution in [0, 0.1) is 0 Å². The van der Waals surface area contributed by atoms with Crippen LogP contribution in [0.5, 0.6) is 0 Å². The average Bonchev–Trinajstić information content (AvgIpc) is 3.05. The lowest BCUT2D eigenvalue weighted by atomic mass is 10.1. The Labute approximate surface area is 185 Å². The van der Waals surface area contributed by atoms with E-state index < -0.39 is 19.5 Å². The number of amides is 3. The minimum atomic E-state index is -4.38. The first-order valence-electron chi connectivity index (χ1n) is 10.1. The van der Waals surface area contributed by atoms with Crippen molar-refractivity contribution in [3.8, 4) is 0 Å². The molecule has 0 fully saturated rings. The van der Waals surface area contributed by atoms with Crippen LogP contribution in [0.3, 0.4) is 0 Å². The molecule has 1 aliphatic heterocycles. The second-order valence-corrected chi connectivity index (χ2v) is 9.32. The van der Waals surface area contributed by atoms with Crippen molar-refractivity contribution >= 4 is 25.5 Å². The number of ether oxygens (including phenoxy) is 1. The zero-order valence-electron chi connectivity index (χ0n) is 17.6. The smallest absolute Gasteiger partial charge is 0.408 e. The van der Waals surface area contributed by atoms with Crippen molar-refractivity contribution in [1.82, 2.24) is 10.2 Å². The fourth-order valence-corrected chi connectivity index (χ4v) is 4.40. The van der Waals surface area contributed by atoms with Gasteiger partial charge >= 0.3 is 6.09 Å². The molecule has 0 spiro atoms. The molecule has 0 saturated heterocycles. The van der Waals surface area contributed by atoms with Crippen LogP contribution in [0.1, 0.15) is 45.5 Å². The predicted molar refractivity (Wildman–Crippen MR) is 114 cm³/mol. The van der Waals surface area contributed by atoms with Gasteiger partial charge in [-0.25, -0.2) is 4.79 Å². The van der Waals surface area contributed by atoms with Crippen molar-refractivity contribution in [1.29, 1.82) is 0 Å². The van der Waals surface area contributed by atoms with E-state index in [1.807, 2.05) is 6.07 Å². The number of imide groups is 1. The van der Waals surface area contributed by atoms with E-state index in [4.69, 9.17) is 4.74 Å². The molecule has 3 rings (SSSR count). The highest BCUT2D eigenvalue weighted by Gasteiger charge is 2.34. The van der Waals surface area contributed by atoms with E-state index in [2.05, 4.69) is 9.84 Å². The van der Waals surface area contributed by atoms with Gasteiger partial charge in [0.25, 0.3) is 11.8 Å². The minimum Gasteiger partial charge on any atom is -0.777 e. The molecule has 0 radical (unpaired) electrons. The fourth-order valence-electron chi connectivity index (χ4n) is 3.39. The van der Waals surface area contributed by atoms with Gasteiger partial charge in [0.2, 0.25) is 0 Å². The Morgan fingerprint density at radius 3 is 2.22 bits per heavy atom. The van der Waals surface area contributed by atoms with Gasteiger partial charge in [0.1, 0.15) is 6.61 Å². The monoisotopic (exact) mass is 459 g/mol. The van der Waals surface area contributed by atoms with Gasteiger partial charge in [0, 0.05) is 13.7 Å². The highest BCUT2D eigenvalue weighted by molar-refractivity contribution is 7.52. The van der Waals surface area contributed by atoms with Crippen molar-refractivity contribution in [3.63, 3.8) is 0 Å². The number of nitrogens with zero attached hydrogens (tertiary/aromatic N) is 1. The van der Waals surface area contributed by atoms with E-state index in [9.17, 15) is 23.8 Å². The first-order chi connectivity index (χ1) is 15.3. The maximum absolute atomic E-state index is 12.4. The molecule has 0 aliphatic carbocycles. The van der Waals surface area contributed by atoms with Gasteiger partial charge in [0.15, 0.2) is 7.60 Å². The molecule has 1 heterocycles. The number of carbonyl (C=O) groups is 3. The van der Waals surface area contributed by atoms with Gasteiger partial charge in [-0.2, -0.15) is 0 Å². The number of carbonyl (C=O) groups excluding carboxylic acids is 3. The molecule has 2 atom stereocenters. The largest absolute Gasteiger partial charge is 0.777 e. The standard InChI is InChI=1S/C22H25N2O7P/c1-30-32(28,29)19(23-22(27)31-15-16-9-3-2-4-10-16)13-7-8-14-24-20(25)17-11-5-6-12-18(17)21(24)26/h2-6,9-12,19H,7-8,13-15H2,1H3,(H,23,27)(H,28,29)/p-1. The quantitative estimate of drug-likeness (QED) is 0.329. The maximum atomic E-state index is 12.4. The topological polar surface area (TPSA) is 125 Å². The summed E-state index contributed by atoms with van der Waals surface area (Å²) >= 11 is 0. The third-order valence-corrected chi connectivity index (χ3v) is 6.78. The SMILES string of the molecule is COP(=O)([O-])C(CCCCN1C(=O)c2ccccc2C1=O)NC(=O)OCc1ccccc1. The highest BCUT2D eigenvalue weighted by Crippen LogP contribution is 2.42. The summed E-state index contributed by atoms with van der Waals surface area (Å²) in [4.78, 5) is 50.3. The molecule has 2 unspecified atom stereocenters. The number of nitrogens with one attached hydrogen (secondary N) is 1. The summed E-state index contributed by atoms with van der Waals surface area (Å²) in [7, 11) is -3.36. The van der Waals surface area contributed by atoms with Crippen molar-refractivity contribution in [2.24, 2.45) is 0 Å². The maximum Gasteiger partial charge on any atom is 0.408 e. The van der Waals surface area contributed by atoms with Crippen LogP contribution in [0.25, 0.3) is 0 Å². The Morgan fingerprint density at radius 2 is 1.62 bits per heavy atom. The van der Waals surface area contributed by atoms with Crippen LogP contribution in [-0.4, -0.2) is 42.2 Å². The van der Waals surface area contributed by atoms with E-state index in [-0.39, 0.29) is 31.4 Å². The normalized spacial score (nSPS) is 15.8. The first-order valence-corrected chi connectivity index (χ1v) is 11.7. The van der Waals surface area contributed by atoms with Gasteiger partial charge < -0.3 is 24.0 Å². The second kappa shape index (κ2) is 10.5. The van der Waals surface area contributed by atoms with Crippen LogP contribution in [0.15, 0.2) is 54.6 Å². The lowest BCUT2D eigenvalue weighted by Gasteiger charge is -2.31. The van der Waals surface area contributed by atoms with Crippen LogP contribution in [-0.2, 0) is 20.4 Å². The Morgan fingerprint density at radius 1 is 1.03 bits per heavy atom. The Kier molecular flexibility index (Phi) is 7.80. The summed E-state index contributed by atoms with van der Waals surface area (Å²) in [6.45, 7) is 0.142. The summed E-state index contributed by atoms with van der Waals surface area (Å²) in [6.07, 6.45) is -0.149. The molecular formula is C22H24N2O7P-. The molecule has 0 bridgehead atoms. The highest BCUT2D eigenvalue weighted by atomic mass is 31.2. The number of rotatable bonds is 10. The van der Waals surface area contributed by atoms with Crippen molar-refractivity contribution in [3.05, 3.63) is 71.3 Å². The number of unbranched alkanes of at least 4 members (excludes halogenated alkanes) is 1. The average molecular weight is 459 g/mol. The van der Waals surface area contributed by atoms with Crippen molar-refractivity contribution in [2.75, 3.05) is 13.7 Å². The number of benzene rings is 2. The number of fused-ring (bicyclic) bond motifs is 1. The Hall–Kier alpha value is -3.00. The molecule has 0 aromatic heterocycles. The lowest BCUT2D eigenvalue weighted by molar-refractivity contribution is -0.199. The molecule has 2 aromatic carbocycles. The summed E-state index contributed by atoms with van der Waals surface area (Å²) in [5.41, 5.74) is 1.49. The summed E-state index contributed by atoms with van der Waals surface area (Å²) < 4.78 is 21.9. The first kappa shape index (κ1) is 23.7. The predicted octanol–water partition coefficient (Wildman–Crippen LogP) is 2.91. The second-order valence-electron chi connectivity index (χ2n) is 7.25. The zero-order valence-corrected chi connectivity index (χ0v) is 18.5. The number of hydrogen-bond acceptors (Lipinski definition) is 7. The molecule has 170 valence electrons. The molecule has 1 aliphatic rings. The van der Waals surface area contributed by atoms with Crippen LogP contribution in [0.4, 0.5) is 4.79 Å². The third-order valence-electron chi connectivity index (χ3n) is 5.12. The molecule has 2 aromatic rings. The van der Waals surface area contributed by atoms with E-state index >= 15 is 0 Å². The summed E-state index contributed by atoms with van der Waals surface area (Å²) in [6, 6.07) is 15.6. The van der Waals surface area contributed by atoms with E-state index in [1.54, 1.807) is 48.5 Å². The van der Waals surface area contributed by atoms with Crippen LogP contribution >= 0.6 is 7.60 Å². The fraction of sp³-hybridized carbons (Fsp3) is 0.318. The minimum absolute atomic E-state index is 0.00469. The van der Waals surface area contributed by atoms with Crippen LogP contribution in [0.2, 0.25) is 0 Å². The molecule has 3 amide bonds. The van der Waals surface area contributed by atoms with E-state index in [0.717, 1.165) is 17.6 Å². The van der Waals surface area contributed by atoms with Crippen LogP contribution < -0.4 is 10.2 Å². The Bertz CT molecular complexity index is 993.